The number of carbonyl (C=O) groups is 1. The first-order chi connectivity index (χ1) is 17.9. The number of carbonyl (C=O) groups excluding carboxylic acids is 1. The van der Waals surface area contributed by atoms with Gasteiger partial charge in [-0.1, -0.05) is 42.5 Å². The second-order valence-corrected chi connectivity index (χ2v) is 8.49. The molecule has 6 nitrogen and oxygen atoms in total. The predicted molar refractivity (Wildman–Crippen MR) is 136 cm³/mol. The van der Waals surface area contributed by atoms with Gasteiger partial charge in [-0.2, -0.15) is 0 Å². The number of nitrogens with one attached hydrogen (secondary N) is 3. The van der Waals surface area contributed by atoms with Crippen molar-refractivity contribution < 1.29 is 18.0 Å². The van der Waals surface area contributed by atoms with E-state index in [1.807, 2.05) is 30.3 Å². The van der Waals surface area contributed by atoms with E-state index in [9.17, 15) is 22.8 Å². The van der Waals surface area contributed by atoms with Crippen molar-refractivity contribution in [3.63, 3.8) is 0 Å². The van der Waals surface area contributed by atoms with Crippen LogP contribution in [0.15, 0.2) is 90.0 Å². The van der Waals surface area contributed by atoms with E-state index in [0.717, 1.165) is 17.7 Å². The summed E-state index contributed by atoms with van der Waals surface area (Å²) in [5, 5.41) is 3.10. The Kier molecular flexibility index (Phi) is 6.59. The van der Waals surface area contributed by atoms with Crippen molar-refractivity contribution in [1.82, 2.24) is 15.0 Å². The summed E-state index contributed by atoms with van der Waals surface area (Å²) in [7, 11) is 0. The molecule has 0 saturated carbocycles. The zero-order valence-corrected chi connectivity index (χ0v) is 19.3. The third-order valence-electron chi connectivity index (χ3n) is 6.09. The van der Waals surface area contributed by atoms with Crippen molar-refractivity contribution >= 4 is 22.6 Å². The zero-order valence-electron chi connectivity index (χ0n) is 19.3. The van der Waals surface area contributed by atoms with E-state index in [0.29, 0.717) is 27.7 Å². The molecule has 3 aromatic heterocycles. The fourth-order valence-electron chi connectivity index (χ4n) is 4.40. The third kappa shape index (κ3) is 5.02. The summed E-state index contributed by atoms with van der Waals surface area (Å²) >= 11 is 0. The van der Waals surface area contributed by atoms with Crippen LogP contribution in [-0.2, 0) is 4.79 Å². The monoisotopic (exact) mass is 502 g/mol. The van der Waals surface area contributed by atoms with Gasteiger partial charge < -0.3 is 15.3 Å². The number of hydrogen-bond donors (Lipinski definition) is 3. The van der Waals surface area contributed by atoms with Crippen molar-refractivity contribution in [2.24, 2.45) is 0 Å². The summed E-state index contributed by atoms with van der Waals surface area (Å²) in [6.07, 6.45) is -0.426. The second kappa shape index (κ2) is 10.1. The first kappa shape index (κ1) is 24.1. The number of pyridine rings is 2. The molecule has 0 radical (unpaired) electrons. The van der Waals surface area contributed by atoms with E-state index in [-0.39, 0.29) is 16.9 Å². The molecule has 5 rings (SSSR count). The normalized spacial score (nSPS) is 12.1. The molecule has 2 aromatic carbocycles. The quantitative estimate of drug-likeness (QED) is 0.251. The molecule has 186 valence electrons. The maximum atomic E-state index is 13.3. The van der Waals surface area contributed by atoms with E-state index >= 15 is 0 Å². The standard InChI is InChI=1S/C28H21F3N4O2/c29-19-8-6-16(7-9-19)20(15-22(30)31)27(36)35-23-14-18(10-12-32-23)26-24(17-4-2-1-3-5-17)25-21(34-26)11-13-33-28(25)37/h1-14,20,22,34H,15H2,(H,33,37)(H,32,35,36)/t20-/m1/s1. The van der Waals surface area contributed by atoms with Crippen LogP contribution in [-0.4, -0.2) is 27.3 Å². The first-order valence-corrected chi connectivity index (χ1v) is 11.5. The molecule has 9 heteroatoms. The molecule has 0 unspecified atom stereocenters. The number of alkyl halides is 2. The van der Waals surface area contributed by atoms with Crippen molar-refractivity contribution in [3.05, 3.63) is 107 Å². The van der Waals surface area contributed by atoms with E-state index < -0.39 is 30.5 Å². The fraction of sp³-hybridized carbons (Fsp3) is 0.107. The fourth-order valence-corrected chi connectivity index (χ4v) is 4.40. The van der Waals surface area contributed by atoms with Crippen LogP contribution in [0.25, 0.3) is 33.3 Å². The number of benzene rings is 2. The van der Waals surface area contributed by atoms with E-state index in [2.05, 4.69) is 20.3 Å². The number of hydrogen-bond acceptors (Lipinski definition) is 3. The minimum Gasteiger partial charge on any atom is -0.354 e. The number of aromatic amines is 2. The lowest BCUT2D eigenvalue weighted by atomic mass is 9.95. The van der Waals surface area contributed by atoms with E-state index in [1.165, 1.54) is 18.3 Å². The number of H-pyrrole nitrogens is 2. The third-order valence-corrected chi connectivity index (χ3v) is 6.09. The molecule has 0 aliphatic heterocycles. The summed E-state index contributed by atoms with van der Waals surface area (Å²) < 4.78 is 39.9. The van der Waals surface area contributed by atoms with Crippen LogP contribution in [0.2, 0.25) is 0 Å². The number of halogens is 3. The zero-order chi connectivity index (χ0) is 25.9. The molecule has 1 amide bonds. The molecule has 1 atom stereocenters. The van der Waals surface area contributed by atoms with Crippen LogP contribution in [0, 0.1) is 5.82 Å². The Balaban J connectivity index is 1.53. The van der Waals surface area contributed by atoms with E-state index in [4.69, 9.17) is 0 Å². The van der Waals surface area contributed by atoms with Gasteiger partial charge in [0.2, 0.25) is 12.3 Å². The van der Waals surface area contributed by atoms with Crippen LogP contribution in [0.1, 0.15) is 17.9 Å². The number of nitrogens with zero attached hydrogens (tertiary/aromatic N) is 1. The Labute approximate surface area is 209 Å². The minimum absolute atomic E-state index is 0.149. The van der Waals surface area contributed by atoms with Gasteiger partial charge >= 0.3 is 0 Å². The molecule has 3 N–H and O–H groups in total. The molecule has 0 aliphatic rings. The summed E-state index contributed by atoms with van der Waals surface area (Å²) in [5.74, 6) is -2.26. The number of fused-ring (bicyclic) bond motifs is 1. The average molecular weight is 502 g/mol. The van der Waals surface area contributed by atoms with Gasteiger partial charge in [-0.3, -0.25) is 9.59 Å². The summed E-state index contributed by atoms with van der Waals surface area (Å²) in [6.45, 7) is 0. The lowest BCUT2D eigenvalue weighted by Crippen LogP contribution is -2.23. The molecular weight excluding hydrogens is 481 g/mol. The molecule has 5 aromatic rings. The lowest BCUT2D eigenvalue weighted by molar-refractivity contribution is -0.118. The highest BCUT2D eigenvalue weighted by atomic mass is 19.3. The van der Waals surface area contributed by atoms with Crippen LogP contribution in [0.5, 0.6) is 0 Å². The van der Waals surface area contributed by atoms with Gasteiger partial charge in [-0.05, 0) is 41.5 Å². The molecule has 0 aliphatic carbocycles. The molecule has 0 fully saturated rings. The van der Waals surface area contributed by atoms with Crippen LogP contribution >= 0.6 is 0 Å². The minimum atomic E-state index is -2.74. The number of amides is 1. The van der Waals surface area contributed by atoms with Crippen LogP contribution in [0.4, 0.5) is 19.0 Å². The first-order valence-electron chi connectivity index (χ1n) is 11.5. The Hall–Kier alpha value is -4.66. The van der Waals surface area contributed by atoms with Gasteiger partial charge in [0.1, 0.15) is 11.6 Å². The maximum absolute atomic E-state index is 13.3. The van der Waals surface area contributed by atoms with Gasteiger partial charge in [-0.25, -0.2) is 18.2 Å². The topological polar surface area (TPSA) is 90.6 Å². The molecular formula is C28H21F3N4O2. The van der Waals surface area contributed by atoms with Gasteiger partial charge in [0.15, 0.2) is 0 Å². The van der Waals surface area contributed by atoms with Crippen LogP contribution in [0.3, 0.4) is 0 Å². The van der Waals surface area contributed by atoms with Gasteiger partial charge in [-0.15, -0.1) is 0 Å². The highest BCUT2D eigenvalue weighted by Gasteiger charge is 2.26. The van der Waals surface area contributed by atoms with Crippen molar-refractivity contribution in [1.29, 1.82) is 0 Å². The van der Waals surface area contributed by atoms with Crippen LogP contribution < -0.4 is 10.9 Å². The molecule has 0 spiro atoms. The van der Waals surface area contributed by atoms with Gasteiger partial charge in [0.25, 0.3) is 5.56 Å². The average Bonchev–Trinajstić information content (AvgIpc) is 3.29. The van der Waals surface area contributed by atoms with Crippen molar-refractivity contribution in [2.45, 2.75) is 18.8 Å². The summed E-state index contributed by atoms with van der Waals surface area (Å²) in [4.78, 5) is 35.9. The maximum Gasteiger partial charge on any atom is 0.258 e. The summed E-state index contributed by atoms with van der Waals surface area (Å²) in [5.41, 5.74) is 3.42. The van der Waals surface area contributed by atoms with Gasteiger partial charge in [0.05, 0.1) is 22.5 Å². The Bertz CT molecular complexity index is 1610. The number of anilines is 1. The van der Waals surface area contributed by atoms with Crippen molar-refractivity contribution in [2.75, 3.05) is 5.32 Å². The highest BCUT2D eigenvalue weighted by Crippen LogP contribution is 2.37. The second-order valence-electron chi connectivity index (χ2n) is 8.49. The summed E-state index contributed by atoms with van der Waals surface area (Å²) in [6, 6.07) is 19.4. The lowest BCUT2D eigenvalue weighted by Gasteiger charge is -2.17. The van der Waals surface area contributed by atoms with E-state index in [1.54, 1.807) is 24.4 Å². The Morgan fingerprint density at radius 1 is 0.973 bits per heavy atom. The Morgan fingerprint density at radius 2 is 1.73 bits per heavy atom. The molecule has 3 heterocycles. The predicted octanol–water partition coefficient (Wildman–Crippen LogP) is 6.10. The van der Waals surface area contributed by atoms with Crippen molar-refractivity contribution in [3.8, 4) is 22.4 Å². The SMILES string of the molecule is O=C(Nc1cc(-c2[nH]c3cc[nH]c(=O)c3c2-c2ccccc2)ccn1)[C@H](CC(F)F)c1ccc(F)cc1. The molecule has 0 bridgehead atoms. The highest BCUT2D eigenvalue weighted by molar-refractivity contribution is 6.03. The van der Waals surface area contributed by atoms with Gasteiger partial charge in [0, 0.05) is 29.9 Å². The molecule has 37 heavy (non-hydrogen) atoms. The Morgan fingerprint density at radius 3 is 2.46 bits per heavy atom. The number of rotatable bonds is 7. The number of aromatic nitrogens is 3. The largest absolute Gasteiger partial charge is 0.354 e. The molecule has 0 saturated heterocycles. The smallest absolute Gasteiger partial charge is 0.258 e.